The van der Waals surface area contributed by atoms with Crippen LogP contribution in [0, 0.1) is 0 Å². The number of hydrogen-bond donors (Lipinski definition) is 0. The number of methoxy groups -OCH3 is 1. The number of carbonyl (C=O) groups is 1. The zero-order chi connectivity index (χ0) is 17.4. The molecule has 0 saturated carbocycles. The maximum Gasteiger partial charge on any atom is 0.223 e. The van der Waals surface area contributed by atoms with Crippen molar-refractivity contribution < 1.29 is 14.3 Å². The first kappa shape index (κ1) is 18.7. The van der Waals surface area contributed by atoms with Gasteiger partial charge in [0.25, 0.3) is 0 Å². The summed E-state index contributed by atoms with van der Waals surface area (Å²) in [6.45, 7) is 3.18. The van der Waals surface area contributed by atoms with E-state index in [-0.39, 0.29) is 12.0 Å². The van der Waals surface area contributed by atoms with Crippen LogP contribution in [0.4, 0.5) is 0 Å². The average molecular weight is 334 g/mol. The molecule has 0 aromatic heterocycles. The van der Waals surface area contributed by atoms with Crippen LogP contribution in [0.2, 0.25) is 0 Å². The molecule has 1 aliphatic heterocycles. The molecule has 0 aliphatic carbocycles. The molecule has 0 N–H and O–H groups in total. The predicted octanol–water partition coefficient (Wildman–Crippen LogP) is 2.20. The van der Waals surface area contributed by atoms with Crippen molar-refractivity contribution in [2.45, 2.75) is 31.8 Å². The van der Waals surface area contributed by atoms with E-state index in [0.29, 0.717) is 6.42 Å². The zero-order valence-corrected chi connectivity index (χ0v) is 15.2. The highest BCUT2D eigenvalue weighted by Crippen LogP contribution is 2.16. The lowest BCUT2D eigenvalue weighted by Gasteiger charge is -2.27. The second kappa shape index (κ2) is 9.64. The fourth-order valence-corrected chi connectivity index (χ4v) is 2.87. The maximum atomic E-state index is 12.7. The Labute approximate surface area is 145 Å². The molecular weight excluding hydrogens is 304 g/mol. The van der Waals surface area contributed by atoms with E-state index in [2.05, 4.69) is 4.90 Å². The summed E-state index contributed by atoms with van der Waals surface area (Å²) in [5.41, 5.74) is 1.16. The fraction of sp³-hybridized carbons (Fsp3) is 0.632. The molecule has 0 spiro atoms. The van der Waals surface area contributed by atoms with Crippen molar-refractivity contribution in [1.82, 2.24) is 9.80 Å². The first-order chi connectivity index (χ1) is 11.6. The Hall–Kier alpha value is -1.59. The first-order valence-electron chi connectivity index (χ1n) is 8.75. The maximum absolute atomic E-state index is 12.7. The Morgan fingerprint density at radius 3 is 2.58 bits per heavy atom. The third-order valence-corrected chi connectivity index (χ3v) is 4.40. The largest absolute Gasteiger partial charge is 0.497 e. The summed E-state index contributed by atoms with van der Waals surface area (Å²) in [6.07, 6.45) is 3.66. The number of rotatable bonds is 9. The Kier molecular flexibility index (Phi) is 7.53. The third-order valence-electron chi connectivity index (χ3n) is 4.40. The van der Waals surface area contributed by atoms with Gasteiger partial charge in [-0.15, -0.1) is 0 Å². The van der Waals surface area contributed by atoms with Crippen molar-refractivity contribution >= 4 is 5.91 Å². The monoisotopic (exact) mass is 334 g/mol. The van der Waals surface area contributed by atoms with Crippen molar-refractivity contribution in [3.63, 3.8) is 0 Å². The van der Waals surface area contributed by atoms with Gasteiger partial charge >= 0.3 is 0 Å². The van der Waals surface area contributed by atoms with E-state index in [0.717, 1.165) is 56.8 Å². The molecule has 5 heteroatoms. The van der Waals surface area contributed by atoms with Gasteiger partial charge in [0.1, 0.15) is 5.75 Å². The second-order valence-corrected chi connectivity index (χ2v) is 6.63. The summed E-state index contributed by atoms with van der Waals surface area (Å²) in [5.74, 6) is 1.05. The number of benzene rings is 1. The van der Waals surface area contributed by atoms with Crippen molar-refractivity contribution in [1.29, 1.82) is 0 Å². The molecule has 0 bridgehead atoms. The van der Waals surface area contributed by atoms with E-state index in [1.54, 1.807) is 7.11 Å². The highest BCUT2D eigenvalue weighted by atomic mass is 16.5. The van der Waals surface area contributed by atoms with Gasteiger partial charge in [-0.25, -0.2) is 0 Å². The summed E-state index contributed by atoms with van der Waals surface area (Å²) in [6, 6.07) is 7.93. The number of amides is 1. The van der Waals surface area contributed by atoms with Gasteiger partial charge < -0.3 is 19.3 Å². The van der Waals surface area contributed by atoms with Gasteiger partial charge in [-0.3, -0.25) is 4.79 Å². The van der Waals surface area contributed by atoms with E-state index >= 15 is 0 Å². The molecule has 1 aromatic carbocycles. The number of aryl methyl sites for hydroxylation is 1. The minimum Gasteiger partial charge on any atom is -0.497 e. The number of ether oxygens (including phenoxy) is 2. The van der Waals surface area contributed by atoms with E-state index < -0.39 is 0 Å². The van der Waals surface area contributed by atoms with Crippen molar-refractivity contribution in [2.75, 3.05) is 47.4 Å². The third kappa shape index (κ3) is 6.13. The summed E-state index contributed by atoms with van der Waals surface area (Å²) >= 11 is 0. The minimum absolute atomic E-state index is 0.206. The average Bonchev–Trinajstić information content (AvgIpc) is 3.09. The molecule has 24 heavy (non-hydrogen) atoms. The van der Waals surface area contributed by atoms with Crippen LogP contribution in [-0.2, 0) is 16.0 Å². The van der Waals surface area contributed by atoms with E-state index in [9.17, 15) is 4.79 Å². The van der Waals surface area contributed by atoms with Gasteiger partial charge in [-0.1, -0.05) is 12.1 Å². The molecule has 1 aliphatic rings. The number of likely N-dealkylation sites (N-methyl/N-ethyl adjacent to an activating group) is 1. The van der Waals surface area contributed by atoms with E-state index in [1.807, 2.05) is 43.3 Å². The molecule has 1 atom stereocenters. The molecule has 1 fully saturated rings. The lowest BCUT2D eigenvalue weighted by molar-refractivity contribution is -0.132. The van der Waals surface area contributed by atoms with Gasteiger partial charge in [-0.05, 0) is 51.1 Å². The predicted molar refractivity (Wildman–Crippen MR) is 95.4 cm³/mol. The summed E-state index contributed by atoms with van der Waals surface area (Å²) in [4.78, 5) is 16.7. The molecular formula is C19H30N2O3. The Balaban J connectivity index is 1.87. The standard InChI is InChI=1S/C19H30N2O3/c1-20(2)12-13-21(15-18-5-4-14-24-18)19(22)11-8-16-6-9-17(23-3)10-7-16/h6-7,9-10,18H,4-5,8,11-15H2,1-3H3/t18-/m0/s1. The Morgan fingerprint density at radius 1 is 1.25 bits per heavy atom. The topological polar surface area (TPSA) is 42.0 Å². The van der Waals surface area contributed by atoms with Crippen LogP contribution < -0.4 is 4.74 Å². The zero-order valence-electron chi connectivity index (χ0n) is 15.2. The molecule has 1 amide bonds. The van der Waals surface area contributed by atoms with Crippen LogP contribution in [0.15, 0.2) is 24.3 Å². The first-order valence-corrected chi connectivity index (χ1v) is 8.75. The van der Waals surface area contributed by atoms with E-state index in [1.165, 1.54) is 0 Å². The van der Waals surface area contributed by atoms with Gasteiger partial charge in [0.05, 0.1) is 13.2 Å². The molecule has 5 nitrogen and oxygen atoms in total. The molecule has 2 rings (SSSR count). The molecule has 0 unspecified atom stereocenters. The minimum atomic E-state index is 0.206. The SMILES string of the molecule is COc1ccc(CCC(=O)N(CCN(C)C)C[C@@H]2CCCO2)cc1. The van der Waals surface area contributed by atoms with E-state index in [4.69, 9.17) is 9.47 Å². The highest BCUT2D eigenvalue weighted by Gasteiger charge is 2.22. The van der Waals surface area contributed by atoms with Gasteiger partial charge in [0.15, 0.2) is 0 Å². The lowest BCUT2D eigenvalue weighted by atomic mass is 10.1. The normalized spacial score (nSPS) is 17.2. The summed E-state index contributed by atoms with van der Waals surface area (Å²) in [7, 11) is 5.73. The van der Waals surface area contributed by atoms with Crippen LogP contribution in [0.1, 0.15) is 24.8 Å². The van der Waals surface area contributed by atoms with Crippen LogP contribution in [0.5, 0.6) is 5.75 Å². The number of nitrogens with zero attached hydrogens (tertiary/aromatic N) is 2. The van der Waals surface area contributed by atoms with Gasteiger partial charge in [0, 0.05) is 32.7 Å². The summed E-state index contributed by atoms with van der Waals surface area (Å²) < 4.78 is 10.9. The Bertz CT molecular complexity index is 496. The van der Waals surface area contributed by atoms with Crippen molar-refractivity contribution in [2.24, 2.45) is 0 Å². The smallest absolute Gasteiger partial charge is 0.223 e. The fourth-order valence-electron chi connectivity index (χ4n) is 2.87. The summed E-state index contributed by atoms with van der Waals surface area (Å²) in [5, 5.41) is 0. The van der Waals surface area contributed by atoms with Crippen LogP contribution in [0.25, 0.3) is 0 Å². The van der Waals surface area contributed by atoms with Crippen LogP contribution >= 0.6 is 0 Å². The molecule has 1 aromatic rings. The molecule has 1 saturated heterocycles. The number of hydrogen-bond acceptors (Lipinski definition) is 4. The van der Waals surface area contributed by atoms with Gasteiger partial charge in [-0.2, -0.15) is 0 Å². The number of carbonyl (C=O) groups excluding carboxylic acids is 1. The van der Waals surface area contributed by atoms with Crippen molar-refractivity contribution in [3.8, 4) is 5.75 Å². The molecule has 0 radical (unpaired) electrons. The second-order valence-electron chi connectivity index (χ2n) is 6.63. The lowest BCUT2D eigenvalue weighted by Crippen LogP contribution is -2.41. The quantitative estimate of drug-likeness (QED) is 0.694. The Morgan fingerprint density at radius 2 is 2.00 bits per heavy atom. The van der Waals surface area contributed by atoms with Gasteiger partial charge in [0.2, 0.25) is 5.91 Å². The highest BCUT2D eigenvalue weighted by molar-refractivity contribution is 5.76. The molecule has 134 valence electrons. The molecule has 1 heterocycles. The van der Waals surface area contributed by atoms with Crippen molar-refractivity contribution in [3.05, 3.63) is 29.8 Å². The van der Waals surface area contributed by atoms with Crippen LogP contribution in [0.3, 0.4) is 0 Å². The van der Waals surface area contributed by atoms with Crippen LogP contribution in [-0.4, -0.2) is 69.3 Å².